The number of benzene rings is 4. The summed E-state index contributed by atoms with van der Waals surface area (Å²) in [7, 11) is 0. The standard InChI is InChI=1S/C11H8O.C8H9NO.C7H6O/c12-8-10-6-3-5-9-4-1-2-7-11(9)10;9-5-7-3-1-2-4-8(7)6-10;8-6-7-4-2-1-3-5-7/h1-8H;1-4,6H,5,9H2;1-6H. The maximum atomic E-state index is 10.6. The lowest BCUT2D eigenvalue weighted by atomic mass is 10.1. The Labute approximate surface area is 176 Å². The number of rotatable bonds is 4. The molecule has 30 heavy (non-hydrogen) atoms. The van der Waals surface area contributed by atoms with Crippen LogP contribution in [0.5, 0.6) is 0 Å². The van der Waals surface area contributed by atoms with E-state index >= 15 is 0 Å². The Morgan fingerprint density at radius 1 is 0.567 bits per heavy atom. The third kappa shape index (κ3) is 6.62. The molecule has 4 heteroatoms. The Balaban J connectivity index is 0.000000164. The number of carbonyl (C=O) groups excluding carboxylic acids is 3. The highest BCUT2D eigenvalue weighted by Crippen LogP contribution is 2.16. The minimum atomic E-state index is 0.426. The van der Waals surface area contributed by atoms with Crippen molar-refractivity contribution in [3.05, 3.63) is 119 Å². The highest BCUT2D eigenvalue weighted by Gasteiger charge is 1.96. The SMILES string of the molecule is NCc1ccccc1C=O.O=Cc1cccc2ccccc12.O=Cc1ccccc1. The maximum absolute atomic E-state index is 10.6. The van der Waals surface area contributed by atoms with E-state index in [0.717, 1.165) is 46.3 Å². The fourth-order valence-electron chi connectivity index (χ4n) is 2.72. The van der Waals surface area contributed by atoms with Crippen molar-refractivity contribution in [3.8, 4) is 0 Å². The molecule has 0 aliphatic carbocycles. The van der Waals surface area contributed by atoms with Crippen molar-refractivity contribution in [2.24, 2.45) is 5.73 Å². The zero-order chi connectivity index (χ0) is 21.6. The van der Waals surface area contributed by atoms with Gasteiger partial charge in [-0.25, -0.2) is 0 Å². The van der Waals surface area contributed by atoms with Gasteiger partial charge in [0.2, 0.25) is 0 Å². The first-order chi connectivity index (χ1) is 14.7. The van der Waals surface area contributed by atoms with Gasteiger partial charge >= 0.3 is 0 Å². The van der Waals surface area contributed by atoms with Crippen LogP contribution in [-0.2, 0) is 6.54 Å². The first kappa shape index (κ1) is 22.4. The second-order valence-corrected chi connectivity index (χ2v) is 6.24. The van der Waals surface area contributed by atoms with Gasteiger partial charge in [-0.3, -0.25) is 14.4 Å². The van der Waals surface area contributed by atoms with Crippen molar-refractivity contribution in [3.63, 3.8) is 0 Å². The largest absolute Gasteiger partial charge is 0.326 e. The molecule has 0 saturated carbocycles. The van der Waals surface area contributed by atoms with E-state index in [2.05, 4.69) is 0 Å². The molecule has 150 valence electrons. The normalized spacial score (nSPS) is 9.37. The van der Waals surface area contributed by atoms with E-state index in [4.69, 9.17) is 5.73 Å². The second-order valence-electron chi connectivity index (χ2n) is 6.24. The van der Waals surface area contributed by atoms with Gasteiger partial charge in [0.15, 0.2) is 6.29 Å². The Kier molecular flexibility index (Phi) is 9.37. The van der Waals surface area contributed by atoms with Crippen LogP contribution in [0.25, 0.3) is 10.8 Å². The first-order valence-corrected chi connectivity index (χ1v) is 9.39. The van der Waals surface area contributed by atoms with Crippen LogP contribution in [0, 0.1) is 0 Å². The molecular formula is C26H23NO3. The van der Waals surface area contributed by atoms with Gasteiger partial charge in [-0.15, -0.1) is 0 Å². The Morgan fingerprint density at radius 3 is 1.73 bits per heavy atom. The monoisotopic (exact) mass is 397 g/mol. The number of hydrogen-bond acceptors (Lipinski definition) is 4. The van der Waals surface area contributed by atoms with Gasteiger partial charge in [0.05, 0.1) is 0 Å². The maximum Gasteiger partial charge on any atom is 0.150 e. The second kappa shape index (κ2) is 12.5. The highest BCUT2D eigenvalue weighted by atomic mass is 16.1. The van der Waals surface area contributed by atoms with E-state index in [1.807, 2.05) is 78.9 Å². The molecule has 0 spiro atoms. The van der Waals surface area contributed by atoms with E-state index in [9.17, 15) is 14.4 Å². The van der Waals surface area contributed by atoms with Crippen LogP contribution in [0.15, 0.2) is 97.1 Å². The predicted molar refractivity (Wildman–Crippen MR) is 121 cm³/mol. The number of carbonyl (C=O) groups is 3. The molecule has 0 radical (unpaired) electrons. The number of hydrogen-bond donors (Lipinski definition) is 1. The summed E-state index contributed by atoms with van der Waals surface area (Å²) in [5, 5.41) is 2.14. The third-order valence-electron chi connectivity index (χ3n) is 4.29. The predicted octanol–water partition coefficient (Wildman–Crippen LogP) is 5.11. The molecule has 0 aliphatic heterocycles. The van der Waals surface area contributed by atoms with Gasteiger partial charge in [-0.05, 0) is 16.3 Å². The molecule has 4 aromatic carbocycles. The van der Waals surface area contributed by atoms with Gasteiger partial charge in [0.25, 0.3) is 0 Å². The molecule has 0 heterocycles. The molecule has 0 bridgehead atoms. The number of nitrogens with two attached hydrogens (primary N) is 1. The molecule has 0 amide bonds. The summed E-state index contributed by atoms with van der Waals surface area (Å²) in [4.78, 5) is 31.0. The molecule has 2 N–H and O–H groups in total. The molecular weight excluding hydrogens is 374 g/mol. The average molecular weight is 397 g/mol. The number of fused-ring (bicyclic) bond motifs is 1. The van der Waals surface area contributed by atoms with Crippen molar-refractivity contribution >= 4 is 29.6 Å². The van der Waals surface area contributed by atoms with E-state index < -0.39 is 0 Å². The fourth-order valence-corrected chi connectivity index (χ4v) is 2.72. The summed E-state index contributed by atoms with van der Waals surface area (Å²) in [6.07, 6.45) is 2.55. The summed E-state index contributed by atoms with van der Waals surface area (Å²) in [5.41, 5.74) is 8.44. The highest BCUT2D eigenvalue weighted by molar-refractivity contribution is 5.97. The first-order valence-electron chi connectivity index (χ1n) is 9.39. The smallest absolute Gasteiger partial charge is 0.150 e. The zero-order valence-corrected chi connectivity index (χ0v) is 16.5. The lowest BCUT2D eigenvalue weighted by Crippen LogP contribution is -1.99. The summed E-state index contributed by atoms with van der Waals surface area (Å²) < 4.78 is 0. The topological polar surface area (TPSA) is 77.2 Å². The molecule has 0 unspecified atom stereocenters. The van der Waals surface area contributed by atoms with E-state index in [1.165, 1.54) is 0 Å². The van der Waals surface area contributed by atoms with Crippen LogP contribution in [0.2, 0.25) is 0 Å². The van der Waals surface area contributed by atoms with Crippen LogP contribution in [0.3, 0.4) is 0 Å². The minimum Gasteiger partial charge on any atom is -0.326 e. The van der Waals surface area contributed by atoms with E-state index in [1.54, 1.807) is 18.2 Å². The molecule has 4 rings (SSSR count). The quantitative estimate of drug-likeness (QED) is 0.486. The summed E-state index contributed by atoms with van der Waals surface area (Å²) in [5.74, 6) is 0. The lowest BCUT2D eigenvalue weighted by Gasteiger charge is -1.98. The van der Waals surface area contributed by atoms with Crippen LogP contribution in [-0.4, -0.2) is 18.9 Å². The van der Waals surface area contributed by atoms with Crippen molar-refractivity contribution in [1.82, 2.24) is 0 Å². The summed E-state index contributed by atoms with van der Waals surface area (Å²) in [6, 6.07) is 30.0. The lowest BCUT2D eigenvalue weighted by molar-refractivity contribution is 0.111. The Bertz CT molecular complexity index is 1090. The van der Waals surface area contributed by atoms with Gasteiger partial charge in [0, 0.05) is 23.2 Å². The molecule has 0 atom stereocenters. The molecule has 0 fully saturated rings. The van der Waals surface area contributed by atoms with Crippen molar-refractivity contribution < 1.29 is 14.4 Å². The molecule has 0 saturated heterocycles. The van der Waals surface area contributed by atoms with E-state index in [0.29, 0.717) is 12.1 Å². The van der Waals surface area contributed by atoms with Gasteiger partial charge in [-0.2, -0.15) is 0 Å². The molecule has 4 aromatic rings. The molecule has 4 nitrogen and oxygen atoms in total. The van der Waals surface area contributed by atoms with Crippen molar-refractivity contribution in [2.75, 3.05) is 0 Å². The van der Waals surface area contributed by atoms with Crippen molar-refractivity contribution in [2.45, 2.75) is 6.54 Å². The minimum absolute atomic E-state index is 0.426. The van der Waals surface area contributed by atoms with Crippen LogP contribution in [0.4, 0.5) is 0 Å². The Morgan fingerprint density at radius 2 is 1.13 bits per heavy atom. The molecule has 0 aliphatic rings. The van der Waals surface area contributed by atoms with Crippen LogP contribution in [0.1, 0.15) is 36.6 Å². The third-order valence-corrected chi connectivity index (χ3v) is 4.29. The average Bonchev–Trinajstić information content (AvgIpc) is 2.84. The Hall–Kier alpha value is -3.89. The number of aldehydes is 3. The summed E-state index contributed by atoms with van der Waals surface area (Å²) >= 11 is 0. The van der Waals surface area contributed by atoms with Crippen molar-refractivity contribution in [1.29, 1.82) is 0 Å². The van der Waals surface area contributed by atoms with Gasteiger partial charge < -0.3 is 5.73 Å². The zero-order valence-electron chi connectivity index (χ0n) is 16.5. The van der Waals surface area contributed by atoms with Crippen LogP contribution < -0.4 is 5.73 Å². The van der Waals surface area contributed by atoms with E-state index in [-0.39, 0.29) is 0 Å². The van der Waals surface area contributed by atoms with Gasteiger partial charge in [-0.1, -0.05) is 97.1 Å². The van der Waals surface area contributed by atoms with Gasteiger partial charge in [0.1, 0.15) is 12.6 Å². The molecule has 0 aromatic heterocycles. The van der Waals surface area contributed by atoms with Crippen LogP contribution >= 0.6 is 0 Å². The fraction of sp³-hybridized carbons (Fsp3) is 0.0385. The summed E-state index contributed by atoms with van der Waals surface area (Å²) in [6.45, 7) is 0.426.